The highest BCUT2D eigenvalue weighted by atomic mass is 16.5. The van der Waals surface area contributed by atoms with Gasteiger partial charge in [-0.15, -0.1) is 6.58 Å². The first kappa shape index (κ1) is 28.0. The van der Waals surface area contributed by atoms with Crippen LogP contribution in [-0.2, 0) is 14.4 Å². The summed E-state index contributed by atoms with van der Waals surface area (Å²) in [5, 5.41) is 45.9. The van der Waals surface area contributed by atoms with E-state index < -0.39 is 42.5 Å². The number of aliphatic hydroxyl groups excluding tert-OH is 1. The molecular formula is C26H32N2O9. The maximum atomic E-state index is 11.2. The van der Waals surface area contributed by atoms with Gasteiger partial charge in [0, 0.05) is 24.2 Å². The number of hydrogen-bond acceptors (Lipinski definition) is 8. The van der Waals surface area contributed by atoms with Crippen molar-refractivity contribution in [1.82, 2.24) is 9.88 Å². The van der Waals surface area contributed by atoms with Gasteiger partial charge in [-0.25, -0.2) is 4.79 Å². The van der Waals surface area contributed by atoms with Crippen LogP contribution >= 0.6 is 0 Å². The summed E-state index contributed by atoms with van der Waals surface area (Å²) < 4.78 is 5.35. The number of hydrogen-bond donors (Lipinski definition) is 5. The number of aliphatic hydroxyl groups is 2. The van der Waals surface area contributed by atoms with Crippen LogP contribution in [0.2, 0.25) is 0 Å². The first-order valence-electron chi connectivity index (χ1n) is 11.9. The van der Waals surface area contributed by atoms with Crippen molar-refractivity contribution in [1.29, 1.82) is 0 Å². The summed E-state index contributed by atoms with van der Waals surface area (Å²) in [7, 11) is 1.66. The summed E-state index contributed by atoms with van der Waals surface area (Å²) in [4.78, 5) is 37.3. The molecule has 200 valence electrons. The van der Waals surface area contributed by atoms with E-state index in [0.717, 1.165) is 41.7 Å². The molecule has 0 aliphatic carbocycles. The zero-order valence-electron chi connectivity index (χ0n) is 20.5. The number of methoxy groups -OCH3 is 1. The Kier molecular flexibility index (Phi) is 8.85. The topological polar surface area (TPSA) is 178 Å². The van der Waals surface area contributed by atoms with Crippen molar-refractivity contribution in [3.05, 3.63) is 48.7 Å². The zero-order valence-corrected chi connectivity index (χ0v) is 20.5. The Balaban J connectivity index is 0.000000251. The molecule has 4 heterocycles. The second-order valence-electron chi connectivity index (χ2n) is 9.45. The van der Waals surface area contributed by atoms with Crippen molar-refractivity contribution < 1.29 is 44.7 Å². The average Bonchev–Trinajstić information content (AvgIpc) is 2.87. The van der Waals surface area contributed by atoms with Crippen LogP contribution in [0.4, 0.5) is 0 Å². The molecule has 2 aromatic rings. The summed E-state index contributed by atoms with van der Waals surface area (Å²) in [6.07, 6.45) is 3.33. The molecule has 0 spiro atoms. The number of rotatable bonds is 9. The summed E-state index contributed by atoms with van der Waals surface area (Å²) in [6.45, 7) is 6.07. The summed E-state index contributed by atoms with van der Waals surface area (Å²) in [5.41, 5.74) is -0.892. The SMILES string of the molecule is C=C[C@@H]1CN2CCC1C[C@H]2C(O)c1ccnc2ccc(OC)cc12.O=C(O)CC(O)(CC(=O)O)C(=O)O. The molecule has 37 heavy (non-hydrogen) atoms. The van der Waals surface area contributed by atoms with Crippen LogP contribution in [0.25, 0.3) is 10.9 Å². The molecule has 11 nitrogen and oxygen atoms in total. The number of benzene rings is 1. The molecule has 1 aromatic carbocycles. The molecule has 0 radical (unpaired) electrons. The monoisotopic (exact) mass is 516 g/mol. The molecule has 5 N–H and O–H groups in total. The Hall–Kier alpha value is -3.54. The molecule has 1 aromatic heterocycles. The Morgan fingerprint density at radius 2 is 1.89 bits per heavy atom. The van der Waals surface area contributed by atoms with E-state index in [1.165, 1.54) is 6.42 Å². The molecule has 0 saturated carbocycles. The highest BCUT2D eigenvalue weighted by Crippen LogP contribution is 2.42. The lowest BCUT2D eigenvalue weighted by Crippen LogP contribution is -2.54. The summed E-state index contributed by atoms with van der Waals surface area (Å²) >= 11 is 0. The molecule has 3 saturated heterocycles. The minimum Gasteiger partial charge on any atom is -0.497 e. The quantitative estimate of drug-likeness (QED) is 0.308. The fourth-order valence-electron chi connectivity index (χ4n) is 5.16. The van der Waals surface area contributed by atoms with Gasteiger partial charge in [0.1, 0.15) is 5.75 Å². The van der Waals surface area contributed by atoms with E-state index in [-0.39, 0.29) is 6.04 Å². The fraction of sp³-hybridized carbons (Fsp3) is 0.462. The van der Waals surface area contributed by atoms with E-state index >= 15 is 0 Å². The Morgan fingerprint density at radius 1 is 1.22 bits per heavy atom. The molecule has 5 atom stereocenters. The third-order valence-corrected chi connectivity index (χ3v) is 7.10. The van der Waals surface area contributed by atoms with Crippen LogP contribution in [0, 0.1) is 11.8 Å². The van der Waals surface area contributed by atoms with Gasteiger partial charge < -0.3 is 30.3 Å². The Morgan fingerprint density at radius 3 is 2.41 bits per heavy atom. The lowest BCUT2D eigenvalue weighted by molar-refractivity contribution is -0.170. The number of ether oxygens (including phenoxy) is 1. The Bertz CT molecular complexity index is 1150. The molecule has 5 rings (SSSR count). The van der Waals surface area contributed by atoms with Crippen molar-refractivity contribution in [3.63, 3.8) is 0 Å². The highest BCUT2D eigenvalue weighted by Gasteiger charge is 2.42. The van der Waals surface area contributed by atoms with Crippen molar-refractivity contribution in [2.75, 3.05) is 20.2 Å². The molecule has 3 aliphatic heterocycles. The number of aromatic nitrogens is 1. The van der Waals surface area contributed by atoms with Gasteiger partial charge in [-0.05, 0) is 61.1 Å². The molecule has 3 unspecified atom stereocenters. The van der Waals surface area contributed by atoms with Crippen LogP contribution in [0.5, 0.6) is 5.75 Å². The normalized spacial score (nSPS) is 23.4. The smallest absolute Gasteiger partial charge is 0.336 e. The van der Waals surface area contributed by atoms with E-state index in [1.54, 1.807) is 13.3 Å². The first-order valence-corrected chi connectivity index (χ1v) is 11.9. The van der Waals surface area contributed by atoms with Crippen molar-refractivity contribution in [2.45, 2.75) is 43.4 Å². The van der Waals surface area contributed by atoms with Gasteiger partial charge >= 0.3 is 17.9 Å². The number of fused-ring (bicyclic) bond motifs is 4. The van der Waals surface area contributed by atoms with Gasteiger partial charge in [0.25, 0.3) is 0 Å². The van der Waals surface area contributed by atoms with E-state index in [4.69, 9.17) is 25.2 Å². The van der Waals surface area contributed by atoms with E-state index in [0.29, 0.717) is 11.8 Å². The molecule has 3 aliphatic rings. The van der Waals surface area contributed by atoms with Gasteiger partial charge in [0.2, 0.25) is 0 Å². The fourth-order valence-corrected chi connectivity index (χ4v) is 5.16. The Labute approximate surface area is 213 Å². The maximum absolute atomic E-state index is 11.2. The van der Waals surface area contributed by atoms with Crippen LogP contribution in [0.1, 0.15) is 37.4 Å². The number of carboxylic acids is 3. The molecular weight excluding hydrogens is 484 g/mol. The second-order valence-corrected chi connectivity index (χ2v) is 9.45. The highest BCUT2D eigenvalue weighted by molar-refractivity contribution is 5.88. The van der Waals surface area contributed by atoms with Gasteiger partial charge in [0.05, 0.1) is 31.6 Å². The van der Waals surface area contributed by atoms with E-state index in [1.807, 2.05) is 24.3 Å². The lowest BCUT2D eigenvalue weighted by Gasteiger charge is -2.50. The number of carbonyl (C=O) groups is 3. The van der Waals surface area contributed by atoms with E-state index in [9.17, 15) is 19.5 Å². The number of piperidine rings is 3. The predicted octanol–water partition coefficient (Wildman–Crippen LogP) is 1.92. The van der Waals surface area contributed by atoms with Gasteiger partial charge in [-0.1, -0.05) is 6.08 Å². The third-order valence-electron chi connectivity index (χ3n) is 7.10. The number of aliphatic carboxylic acids is 3. The summed E-state index contributed by atoms with van der Waals surface area (Å²) in [6, 6.07) is 7.96. The zero-order chi connectivity index (χ0) is 27.3. The number of pyridine rings is 1. The molecule has 2 bridgehead atoms. The van der Waals surface area contributed by atoms with Crippen molar-refractivity contribution in [2.24, 2.45) is 11.8 Å². The minimum absolute atomic E-state index is 0.178. The second kappa shape index (κ2) is 11.7. The van der Waals surface area contributed by atoms with Crippen LogP contribution in [0.15, 0.2) is 43.1 Å². The van der Waals surface area contributed by atoms with Crippen LogP contribution < -0.4 is 4.74 Å². The van der Waals surface area contributed by atoms with Crippen molar-refractivity contribution >= 4 is 28.8 Å². The summed E-state index contributed by atoms with van der Waals surface area (Å²) in [5.74, 6) is -3.01. The average molecular weight is 517 g/mol. The van der Waals surface area contributed by atoms with Gasteiger partial charge in [0.15, 0.2) is 5.60 Å². The minimum atomic E-state index is -2.74. The van der Waals surface area contributed by atoms with Crippen LogP contribution in [0.3, 0.4) is 0 Å². The number of nitrogens with zero attached hydrogens (tertiary/aromatic N) is 2. The standard InChI is InChI=1S/C20H24N2O2.C6H8O7/c1-3-13-12-22-9-7-14(13)10-19(22)20(23)16-6-8-21-18-5-4-15(24-2)11-17(16)18;7-3(8)1-6(13,5(11)12)2-4(9)10/h3-6,8,11,13-14,19-20,23H,1,7,9-10,12H2,2H3;13H,1-2H2,(H,7,8)(H,9,10)(H,11,12)/t13-,14?,19+,20?;/m1./s1. The van der Waals surface area contributed by atoms with Crippen LogP contribution in [-0.4, -0.2) is 85.2 Å². The number of carboxylic acid groups (broad SMARTS) is 3. The largest absolute Gasteiger partial charge is 0.497 e. The lowest BCUT2D eigenvalue weighted by atomic mass is 9.73. The molecule has 11 heteroatoms. The van der Waals surface area contributed by atoms with Gasteiger partial charge in [-0.3, -0.25) is 19.5 Å². The molecule has 3 fully saturated rings. The van der Waals surface area contributed by atoms with Crippen molar-refractivity contribution in [3.8, 4) is 5.75 Å². The third kappa shape index (κ3) is 6.43. The maximum Gasteiger partial charge on any atom is 0.336 e. The van der Waals surface area contributed by atoms with Gasteiger partial charge in [-0.2, -0.15) is 0 Å². The van der Waals surface area contributed by atoms with E-state index in [2.05, 4.69) is 22.5 Å². The molecule has 0 amide bonds. The first-order chi connectivity index (χ1) is 17.5. The predicted molar refractivity (Wildman–Crippen MR) is 132 cm³/mol.